The van der Waals surface area contributed by atoms with Crippen molar-refractivity contribution in [3.8, 4) is 0 Å². The maximum absolute atomic E-state index is 11.9. The van der Waals surface area contributed by atoms with E-state index in [9.17, 15) is 9.90 Å². The maximum Gasteiger partial charge on any atom is 0.225 e. The van der Waals surface area contributed by atoms with E-state index in [0.29, 0.717) is 12.5 Å². The molecule has 16 heavy (non-hydrogen) atoms. The van der Waals surface area contributed by atoms with Crippen molar-refractivity contribution < 1.29 is 9.90 Å². The van der Waals surface area contributed by atoms with Crippen molar-refractivity contribution in [1.29, 1.82) is 0 Å². The van der Waals surface area contributed by atoms with Gasteiger partial charge in [-0.05, 0) is 38.1 Å². The Morgan fingerprint density at radius 2 is 2.19 bits per heavy atom. The first-order valence-corrected chi connectivity index (χ1v) is 6.17. The molecule has 0 spiro atoms. The van der Waals surface area contributed by atoms with Crippen LogP contribution in [-0.4, -0.2) is 42.2 Å². The summed E-state index contributed by atoms with van der Waals surface area (Å²) in [5.74, 6) is 0.763. The highest BCUT2D eigenvalue weighted by molar-refractivity contribution is 5.78. The molecule has 1 aliphatic carbocycles. The van der Waals surface area contributed by atoms with Crippen LogP contribution in [-0.2, 0) is 4.79 Å². The van der Waals surface area contributed by atoms with Crippen LogP contribution in [0.3, 0.4) is 0 Å². The molecule has 3 N–H and O–H groups in total. The van der Waals surface area contributed by atoms with Crippen molar-refractivity contribution in [3.63, 3.8) is 0 Å². The third-order valence-electron chi connectivity index (χ3n) is 3.38. The predicted octanol–water partition coefficient (Wildman–Crippen LogP) is 0.591. The van der Waals surface area contributed by atoms with Gasteiger partial charge < -0.3 is 15.7 Å². The van der Waals surface area contributed by atoms with Gasteiger partial charge in [0, 0.05) is 19.5 Å². The molecule has 1 aliphatic rings. The highest BCUT2D eigenvalue weighted by atomic mass is 16.3. The summed E-state index contributed by atoms with van der Waals surface area (Å²) in [5.41, 5.74) is 5.43. The lowest BCUT2D eigenvalue weighted by atomic mass is 9.82. The molecule has 0 saturated heterocycles. The molecule has 1 rings (SSSR count). The van der Waals surface area contributed by atoms with Crippen molar-refractivity contribution in [3.05, 3.63) is 0 Å². The highest BCUT2D eigenvalue weighted by Crippen LogP contribution is 2.28. The second kappa shape index (κ2) is 6.21. The second-order valence-electron chi connectivity index (χ2n) is 5.04. The van der Waals surface area contributed by atoms with Crippen LogP contribution >= 0.6 is 0 Å². The number of carbonyl (C=O) groups is 1. The average Bonchev–Trinajstić information content (AvgIpc) is 2.22. The molecule has 0 aromatic heterocycles. The zero-order valence-corrected chi connectivity index (χ0v) is 10.4. The number of aliphatic hydroxyl groups is 1. The van der Waals surface area contributed by atoms with Gasteiger partial charge in [0.1, 0.15) is 0 Å². The SMILES string of the molecule is CC(CCCN)C(=O)N(C)CC1CC(O)C1. The van der Waals surface area contributed by atoms with E-state index in [0.717, 1.165) is 32.2 Å². The first-order valence-electron chi connectivity index (χ1n) is 6.17. The molecule has 1 amide bonds. The van der Waals surface area contributed by atoms with Gasteiger partial charge in [-0.3, -0.25) is 4.79 Å². The minimum absolute atomic E-state index is 0.0681. The number of nitrogens with zero attached hydrogens (tertiary/aromatic N) is 1. The second-order valence-corrected chi connectivity index (χ2v) is 5.04. The number of aliphatic hydroxyl groups excluding tert-OH is 1. The summed E-state index contributed by atoms with van der Waals surface area (Å²) in [5, 5.41) is 9.18. The molecule has 1 unspecified atom stereocenters. The van der Waals surface area contributed by atoms with Crippen molar-refractivity contribution in [2.75, 3.05) is 20.1 Å². The molecule has 1 fully saturated rings. The number of rotatable bonds is 6. The fraction of sp³-hybridized carbons (Fsp3) is 0.917. The van der Waals surface area contributed by atoms with Crippen molar-refractivity contribution in [2.45, 2.75) is 38.7 Å². The van der Waals surface area contributed by atoms with Gasteiger partial charge in [-0.25, -0.2) is 0 Å². The number of carbonyl (C=O) groups excluding carboxylic acids is 1. The molecule has 0 aliphatic heterocycles. The van der Waals surface area contributed by atoms with Crippen molar-refractivity contribution in [2.24, 2.45) is 17.6 Å². The Hall–Kier alpha value is -0.610. The lowest BCUT2D eigenvalue weighted by Crippen LogP contribution is -2.41. The predicted molar refractivity (Wildman–Crippen MR) is 63.8 cm³/mol. The molecule has 1 atom stereocenters. The first kappa shape index (κ1) is 13.5. The smallest absolute Gasteiger partial charge is 0.225 e. The zero-order chi connectivity index (χ0) is 12.1. The number of hydrogen-bond donors (Lipinski definition) is 2. The van der Waals surface area contributed by atoms with Crippen LogP contribution in [0.15, 0.2) is 0 Å². The minimum Gasteiger partial charge on any atom is -0.393 e. The molecule has 0 aromatic carbocycles. The highest BCUT2D eigenvalue weighted by Gasteiger charge is 2.29. The van der Waals surface area contributed by atoms with E-state index in [1.807, 2.05) is 14.0 Å². The van der Waals surface area contributed by atoms with Crippen LogP contribution < -0.4 is 5.73 Å². The summed E-state index contributed by atoms with van der Waals surface area (Å²) in [6, 6.07) is 0. The molecular formula is C12H24N2O2. The minimum atomic E-state index is -0.136. The first-order chi connectivity index (χ1) is 7.54. The number of hydrogen-bond acceptors (Lipinski definition) is 3. The van der Waals surface area contributed by atoms with Gasteiger partial charge in [-0.2, -0.15) is 0 Å². The van der Waals surface area contributed by atoms with Gasteiger partial charge >= 0.3 is 0 Å². The lowest BCUT2D eigenvalue weighted by Gasteiger charge is -2.35. The molecule has 4 nitrogen and oxygen atoms in total. The van der Waals surface area contributed by atoms with Gasteiger partial charge in [0.05, 0.1) is 6.10 Å². The Morgan fingerprint density at radius 1 is 1.56 bits per heavy atom. The molecule has 0 heterocycles. The Kier molecular flexibility index (Phi) is 5.22. The summed E-state index contributed by atoms with van der Waals surface area (Å²) >= 11 is 0. The third kappa shape index (κ3) is 3.76. The van der Waals surface area contributed by atoms with E-state index in [2.05, 4.69) is 0 Å². The van der Waals surface area contributed by atoms with Crippen LogP contribution in [0.25, 0.3) is 0 Å². The standard InChI is InChI=1S/C12H24N2O2/c1-9(4-3-5-13)12(16)14(2)8-10-6-11(15)7-10/h9-11,15H,3-8,13H2,1-2H3. The van der Waals surface area contributed by atoms with Crippen LogP contribution in [0.2, 0.25) is 0 Å². The summed E-state index contributed by atoms with van der Waals surface area (Å²) in [7, 11) is 1.85. The van der Waals surface area contributed by atoms with E-state index in [1.165, 1.54) is 0 Å². The molecule has 0 aromatic rings. The number of nitrogens with two attached hydrogens (primary N) is 1. The topological polar surface area (TPSA) is 66.6 Å². The van der Waals surface area contributed by atoms with Crippen molar-refractivity contribution in [1.82, 2.24) is 4.90 Å². The molecule has 0 bridgehead atoms. The molecule has 94 valence electrons. The van der Waals surface area contributed by atoms with Gasteiger partial charge in [-0.15, -0.1) is 0 Å². The van der Waals surface area contributed by atoms with E-state index in [-0.39, 0.29) is 17.9 Å². The molecule has 0 radical (unpaired) electrons. The fourth-order valence-electron chi connectivity index (χ4n) is 2.25. The van der Waals surface area contributed by atoms with Gasteiger partial charge in [0.2, 0.25) is 5.91 Å². The Labute approximate surface area is 97.8 Å². The fourth-order valence-corrected chi connectivity index (χ4v) is 2.25. The average molecular weight is 228 g/mol. The van der Waals surface area contributed by atoms with Crippen LogP contribution in [0.5, 0.6) is 0 Å². The normalized spacial score (nSPS) is 26.0. The lowest BCUT2D eigenvalue weighted by molar-refractivity contribution is -0.135. The largest absolute Gasteiger partial charge is 0.393 e. The van der Waals surface area contributed by atoms with Crippen LogP contribution in [0.4, 0.5) is 0 Å². The quantitative estimate of drug-likeness (QED) is 0.699. The zero-order valence-electron chi connectivity index (χ0n) is 10.4. The van der Waals surface area contributed by atoms with Gasteiger partial charge in [0.25, 0.3) is 0 Å². The summed E-state index contributed by atoms with van der Waals surface area (Å²) in [6.07, 6.45) is 3.32. The Morgan fingerprint density at radius 3 is 2.69 bits per heavy atom. The van der Waals surface area contributed by atoms with E-state index >= 15 is 0 Å². The summed E-state index contributed by atoms with van der Waals surface area (Å²) < 4.78 is 0. The maximum atomic E-state index is 11.9. The van der Waals surface area contributed by atoms with E-state index in [1.54, 1.807) is 4.90 Å². The van der Waals surface area contributed by atoms with Gasteiger partial charge in [-0.1, -0.05) is 6.92 Å². The number of amides is 1. The summed E-state index contributed by atoms with van der Waals surface area (Å²) in [6.45, 7) is 3.39. The Bertz CT molecular complexity index is 227. The molecule has 4 heteroatoms. The van der Waals surface area contributed by atoms with Gasteiger partial charge in [0.15, 0.2) is 0 Å². The third-order valence-corrected chi connectivity index (χ3v) is 3.38. The van der Waals surface area contributed by atoms with Crippen molar-refractivity contribution >= 4 is 5.91 Å². The van der Waals surface area contributed by atoms with Crippen LogP contribution in [0.1, 0.15) is 32.6 Å². The van der Waals surface area contributed by atoms with E-state index in [4.69, 9.17) is 5.73 Å². The monoisotopic (exact) mass is 228 g/mol. The van der Waals surface area contributed by atoms with E-state index < -0.39 is 0 Å². The van der Waals surface area contributed by atoms with Crippen LogP contribution in [0, 0.1) is 11.8 Å². The Balaban J connectivity index is 2.24. The molecule has 1 saturated carbocycles. The molecular weight excluding hydrogens is 204 g/mol. The summed E-state index contributed by atoms with van der Waals surface area (Å²) in [4.78, 5) is 13.7.